The molecule has 5 atom stereocenters. The summed E-state index contributed by atoms with van der Waals surface area (Å²) in [6.07, 6.45) is 3.80. The van der Waals surface area contributed by atoms with Gasteiger partial charge in [-0.1, -0.05) is 24.3 Å². The number of rotatable bonds is 1. The average molecular weight is 324 g/mol. The summed E-state index contributed by atoms with van der Waals surface area (Å²) in [6.45, 7) is 2.77. The molecular formula is C20H24N2O2. The first-order valence-electron chi connectivity index (χ1n) is 9.00. The van der Waals surface area contributed by atoms with Crippen LogP contribution in [0.2, 0.25) is 0 Å². The normalized spacial score (nSPS) is 38.8. The first-order chi connectivity index (χ1) is 11.6. The largest absolute Gasteiger partial charge is 0.632 e. The molecule has 0 radical (unpaired) electrons. The molecule has 4 heteroatoms. The molecule has 3 saturated heterocycles. The predicted molar refractivity (Wildman–Crippen MR) is 94.1 cm³/mol. The van der Waals surface area contributed by atoms with E-state index >= 15 is 0 Å². The summed E-state index contributed by atoms with van der Waals surface area (Å²) in [6, 6.07) is 8.52. The van der Waals surface area contributed by atoms with Crippen molar-refractivity contribution in [2.24, 2.45) is 18.9 Å². The molecule has 6 rings (SSSR count). The second-order valence-electron chi connectivity index (χ2n) is 7.79. The van der Waals surface area contributed by atoms with Gasteiger partial charge in [-0.05, 0) is 24.1 Å². The Labute approximate surface area is 142 Å². The Bertz CT molecular complexity index is 868. The van der Waals surface area contributed by atoms with Crippen LogP contribution >= 0.6 is 0 Å². The van der Waals surface area contributed by atoms with E-state index in [1.807, 2.05) is 6.92 Å². The Morgan fingerprint density at radius 2 is 2.17 bits per heavy atom. The molecule has 3 unspecified atom stereocenters. The van der Waals surface area contributed by atoms with E-state index in [1.54, 1.807) is 0 Å². The van der Waals surface area contributed by atoms with Crippen molar-refractivity contribution in [1.82, 2.24) is 4.57 Å². The number of nitrogens with zero attached hydrogens (tertiary/aromatic N) is 2. The lowest BCUT2D eigenvalue weighted by Gasteiger charge is -2.67. The van der Waals surface area contributed by atoms with Crippen LogP contribution in [-0.4, -0.2) is 33.5 Å². The molecule has 3 fully saturated rings. The lowest BCUT2D eigenvalue weighted by molar-refractivity contribution is -0.952. The number of aliphatic hydroxyl groups excluding tert-OH is 1. The van der Waals surface area contributed by atoms with Crippen LogP contribution in [0.25, 0.3) is 10.9 Å². The Kier molecular flexibility index (Phi) is 2.89. The van der Waals surface area contributed by atoms with E-state index in [-0.39, 0.29) is 29.3 Å². The summed E-state index contributed by atoms with van der Waals surface area (Å²) in [5, 5.41) is 25.3. The number of hydrogen-bond donors (Lipinski definition) is 1. The summed E-state index contributed by atoms with van der Waals surface area (Å²) < 4.78 is 2.10. The first-order valence-corrected chi connectivity index (χ1v) is 9.00. The molecule has 4 aliphatic rings. The Morgan fingerprint density at radius 1 is 1.38 bits per heavy atom. The molecule has 4 nitrogen and oxygen atoms in total. The molecule has 2 aromatic rings. The van der Waals surface area contributed by atoms with Gasteiger partial charge in [0.25, 0.3) is 0 Å². The van der Waals surface area contributed by atoms with Crippen molar-refractivity contribution >= 4 is 10.9 Å². The van der Waals surface area contributed by atoms with Crippen LogP contribution in [0.1, 0.15) is 30.6 Å². The van der Waals surface area contributed by atoms with Gasteiger partial charge in [0.05, 0.1) is 18.3 Å². The summed E-state index contributed by atoms with van der Waals surface area (Å²) in [4.78, 5) is 0. The van der Waals surface area contributed by atoms with Crippen molar-refractivity contribution in [3.63, 3.8) is 0 Å². The highest BCUT2D eigenvalue weighted by Gasteiger charge is 2.60. The third kappa shape index (κ3) is 1.55. The van der Waals surface area contributed by atoms with Gasteiger partial charge in [0.15, 0.2) is 0 Å². The zero-order chi connectivity index (χ0) is 16.6. The Morgan fingerprint density at radius 3 is 2.92 bits per heavy atom. The molecule has 1 aromatic heterocycles. The van der Waals surface area contributed by atoms with Gasteiger partial charge in [0.2, 0.25) is 0 Å². The number of piperidine rings is 3. The molecule has 0 spiro atoms. The number of aliphatic hydroxyl groups is 1. The summed E-state index contributed by atoms with van der Waals surface area (Å²) in [5.41, 5.74) is 5.09. The zero-order valence-corrected chi connectivity index (χ0v) is 14.3. The fourth-order valence-electron chi connectivity index (χ4n) is 5.99. The fraction of sp³-hybridized carbons (Fsp3) is 0.500. The highest BCUT2D eigenvalue weighted by atomic mass is 16.6. The van der Waals surface area contributed by atoms with Crippen LogP contribution in [-0.2, 0) is 13.5 Å². The number of benzene rings is 1. The van der Waals surface area contributed by atoms with Gasteiger partial charge in [0.1, 0.15) is 12.6 Å². The minimum absolute atomic E-state index is 0.000700. The van der Waals surface area contributed by atoms with Crippen molar-refractivity contribution < 1.29 is 9.75 Å². The standard InChI is InChI=1S/C20H24N2O2/c1-3-12-10-22(24)18-9-15-13-6-4-5-7-17(13)21(2)20(15)19(22)8-14(12)16(18)11-23/h3-7,14,16,18-19,23H,8-11H2,1-2H3/b12-3+/t14-,16?,18?,19-,22?/m0/s1. The van der Waals surface area contributed by atoms with Crippen molar-refractivity contribution in [3.05, 3.63) is 52.4 Å². The molecule has 4 aliphatic heterocycles. The lowest BCUT2D eigenvalue weighted by Crippen LogP contribution is -2.69. The van der Waals surface area contributed by atoms with Crippen LogP contribution in [0.3, 0.4) is 0 Å². The average Bonchev–Trinajstić information content (AvgIpc) is 2.86. The van der Waals surface area contributed by atoms with E-state index in [9.17, 15) is 10.3 Å². The summed E-state index contributed by atoms with van der Waals surface area (Å²) in [5.74, 6) is 0.473. The van der Waals surface area contributed by atoms with Crippen LogP contribution in [0.4, 0.5) is 0 Å². The van der Waals surface area contributed by atoms with Crippen molar-refractivity contribution in [2.45, 2.75) is 31.8 Å². The fourth-order valence-corrected chi connectivity index (χ4v) is 5.99. The number of aryl methyl sites for hydroxylation is 1. The van der Waals surface area contributed by atoms with E-state index in [4.69, 9.17) is 0 Å². The quantitative estimate of drug-likeness (QED) is 0.498. The maximum atomic E-state index is 14.0. The smallest absolute Gasteiger partial charge is 0.131 e. The summed E-state index contributed by atoms with van der Waals surface area (Å²) >= 11 is 0. The van der Waals surface area contributed by atoms with Gasteiger partial charge in [-0.3, -0.25) is 0 Å². The lowest BCUT2D eigenvalue weighted by atomic mass is 9.63. The molecule has 1 N–H and O–H groups in total. The minimum Gasteiger partial charge on any atom is -0.632 e. The van der Waals surface area contributed by atoms with E-state index in [0.717, 1.165) is 12.8 Å². The third-order valence-electron chi connectivity index (χ3n) is 7.05. The Balaban J connectivity index is 1.77. The molecule has 0 saturated carbocycles. The third-order valence-corrected chi connectivity index (χ3v) is 7.05. The van der Waals surface area contributed by atoms with E-state index in [2.05, 4.69) is 42.0 Å². The molecule has 1 aromatic carbocycles. The number of allylic oxidation sites excluding steroid dienone is 1. The van der Waals surface area contributed by atoms with E-state index in [1.165, 1.54) is 27.7 Å². The number of fused-ring (bicyclic) bond motifs is 4. The maximum Gasteiger partial charge on any atom is 0.131 e. The van der Waals surface area contributed by atoms with E-state index in [0.29, 0.717) is 12.5 Å². The van der Waals surface area contributed by atoms with Gasteiger partial charge in [-0.2, -0.15) is 0 Å². The van der Waals surface area contributed by atoms with E-state index < -0.39 is 0 Å². The Hall–Kier alpha value is -1.62. The molecule has 4 bridgehead atoms. The highest BCUT2D eigenvalue weighted by Crippen LogP contribution is 2.58. The first kappa shape index (κ1) is 14.7. The number of hydrogen-bond acceptors (Lipinski definition) is 2. The summed E-state index contributed by atoms with van der Waals surface area (Å²) in [7, 11) is 2.11. The monoisotopic (exact) mass is 324 g/mol. The second-order valence-corrected chi connectivity index (χ2v) is 7.79. The minimum atomic E-state index is -0.154. The van der Waals surface area contributed by atoms with Gasteiger partial charge in [0, 0.05) is 42.6 Å². The molecular weight excluding hydrogens is 300 g/mol. The number of aromatic nitrogens is 1. The number of para-hydroxylation sites is 1. The highest BCUT2D eigenvalue weighted by molar-refractivity contribution is 5.86. The van der Waals surface area contributed by atoms with Gasteiger partial charge in [-0.15, -0.1) is 0 Å². The molecule has 5 heterocycles. The van der Waals surface area contributed by atoms with Crippen LogP contribution in [0.5, 0.6) is 0 Å². The second kappa shape index (κ2) is 4.72. The number of quaternary nitrogens is 1. The van der Waals surface area contributed by atoms with Crippen LogP contribution < -0.4 is 0 Å². The molecule has 0 amide bonds. The van der Waals surface area contributed by atoms with Gasteiger partial charge in [-0.25, -0.2) is 0 Å². The zero-order valence-electron chi connectivity index (χ0n) is 14.3. The SMILES string of the molecule is C/C=C1\C[N+]2([O-])C3Cc4c(n(C)c5ccccc45)[C@@H]2C[C@@H]1C3CO. The molecule has 126 valence electrons. The predicted octanol–water partition coefficient (Wildman–Crippen LogP) is 3.05. The van der Waals surface area contributed by atoms with Crippen molar-refractivity contribution in [3.8, 4) is 0 Å². The van der Waals surface area contributed by atoms with Crippen molar-refractivity contribution in [2.75, 3.05) is 13.2 Å². The van der Waals surface area contributed by atoms with Gasteiger partial charge < -0.3 is 19.5 Å². The molecule has 0 aliphatic carbocycles. The molecule has 24 heavy (non-hydrogen) atoms. The van der Waals surface area contributed by atoms with Crippen LogP contribution in [0.15, 0.2) is 35.9 Å². The maximum absolute atomic E-state index is 14.0. The van der Waals surface area contributed by atoms with Crippen molar-refractivity contribution in [1.29, 1.82) is 0 Å². The number of hydroxylamine groups is 3. The van der Waals surface area contributed by atoms with Crippen LogP contribution in [0, 0.1) is 17.0 Å². The topological polar surface area (TPSA) is 48.2 Å². The van der Waals surface area contributed by atoms with Gasteiger partial charge >= 0.3 is 0 Å².